The monoisotopic (exact) mass is 588 g/mol. The molecule has 1 amide bonds. The summed E-state index contributed by atoms with van der Waals surface area (Å²) in [5.41, 5.74) is -1.06. The van der Waals surface area contributed by atoms with Crippen LogP contribution in [0.3, 0.4) is 0 Å². The molecule has 42 heavy (non-hydrogen) atoms. The number of hydrogen-bond acceptors (Lipinski definition) is 5. The Morgan fingerprint density at radius 2 is 1.74 bits per heavy atom. The van der Waals surface area contributed by atoms with Gasteiger partial charge < -0.3 is 14.1 Å². The Hall–Kier alpha value is -5.01. The number of carbonyl (C=O) groups is 1. The first-order valence-electron chi connectivity index (χ1n) is 12.3. The summed E-state index contributed by atoms with van der Waals surface area (Å²) in [6.07, 6.45) is -4.89. The number of alkyl halides is 5. The fraction of sp³-hybridized carbons (Fsp3) is 0.179. The molecule has 0 spiro atoms. The lowest BCUT2D eigenvalue weighted by atomic mass is 9.94. The van der Waals surface area contributed by atoms with Crippen LogP contribution in [0, 0.1) is 5.82 Å². The summed E-state index contributed by atoms with van der Waals surface area (Å²) in [4.78, 5) is 28.5. The van der Waals surface area contributed by atoms with Crippen LogP contribution in [-0.4, -0.2) is 38.5 Å². The molecule has 1 aliphatic rings. The number of halogens is 6. The van der Waals surface area contributed by atoms with E-state index in [0.717, 1.165) is 23.1 Å². The highest BCUT2D eigenvalue weighted by atomic mass is 19.4. The second-order valence-electron chi connectivity index (χ2n) is 9.81. The number of H-pyrrole nitrogens is 2. The van der Waals surface area contributed by atoms with Crippen molar-refractivity contribution in [1.82, 2.24) is 20.1 Å². The molecule has 216 valence electrons. The maximum Gasteiger partial charge on any atom is 0.417 e. The Balaban J connectivity index is 1.56. The van der Waals surface area contributed by atoms with E-state index in [1.807, 2.05) is 0 Å². The van der Waals surface area contributed by atoms with E-state index in [0.29, 0.717) is 13.0 Å². The second kappa shape index (κ2) is 9.53. The van der Waals surface area contributed by atoms with Crippen LogP contribution < -0.4 is 10.5 Å². The van der Waals surface area contributed by atoms with Gasteiger partial charge >= 0.3 is 11.9 Å². The smallest absolute Gasteiger partial charge is 0.417 e. The van der Waals surface area contributed by atoms with E-state index in [1.165, 1.54) is 30.3 Å². The summed E-state index contributed by atoms with van der Waals surface area (Å²) in [7, 11) is 0. The molecular weight excluding hydrogens is 570 g/mol. The molecule has 1 aliphatic heterocycles. The van der Waals surface area contributed by atoms with Gasteiger partial charge in [0, 0.05) is 18.1 Å². The number of carbonyl (C=O) groups excluding carboxylic acids is 1. The van der Waals surface area contributed by atoms with Gasteiger partial charge in [-0.15, -0.1) is 0 Å². The Morgan fingerprint density at radius 3 is 2.43 bits per heavy atom. The SMILES string of the molecule is CC(F)(F)CN1C(=O)c2[nH]nc(-c3cccc4[nH]c(=O)oc34)c2C1c1cc(Oc2ccc(F)cc2)cc(C(F)(F)F)c1. The summed E-state index contributed by atoms with van der Waals surface area (Å²) in [6, 6.07) is 10.2. The highest BCUT2D eigenvalue weighted by Crippen LogP contribution is 2.47. The normalized spacial score (nSPS) is 15.5. The zero-order valence-electron chi connectivity index (χ0n) is 21.4. The average molecular weight is 588 g/mol. The van der Waals surface area contributed by atoms with Crippen molar-refractivity contribution < 1.29 is 40.3 Å². The maximum atomic E-state index is 14.4. The third-order valence-corrected chi connectivity index (χ3v) is 6.63. The first-order valence-corrected chi connectivity index (χ1v) is 12.3. The number of nitrogens with zero attached hydrogens (tertiary/aromatic N) is 2. The highest BCUT2D eigenvalue weighted by molar-refractivity contribution is 6.02. The Kier molecular flexibility index (Phi) is 6.17. The first-order chi connectivity index (χ1) is 19.8. The standard InChI is InChI=1S/C28H18F6N4O4/c1-27(30,31)12-38-23(13-9-14(28(32,33)34)11-17(10-13)41-16-7-5-15(29)6-8-16)20-21(36-37-22(20)25(38)39)18-3-2-4-19-24(18)42-26(40)35-19/h2-11,23H,12H2,1H3,(H,35,40)(H,36,37). The summed E-state index contributed by atoms with van der Waals surface area (Å²) >= 11 is 0. The predicted molar refractivity (Wildman–Crippen MR) is 136 cm³/mol. The van der Waals surface area contributed by atoms with Crippen LogP contribution in [0.25, 0.3) is 22.4 Å². The van der Waals surface area contributed by atoms with Crippen LogP contribution in [0.15, 0.2) is 69.9 Å². The number of hydrogen-bond donors (Lipinski definition) is 2. The Morgan fingerprint density at radius 1 is 1.00 bits per heavy atom. The number of rotatable bonds is 6. The van der Waals surface area contributed by atoms with Gasteiger partial charge in [0.2, 0.25) is 0 Å². The topological polar surface area (TPSA) is 104 Å². The fourth-order valence-electron chi connectivity index (χ4n) is 5.01. The van der Waals surface area contributed by atoms with Crippen molar-refractivity contribution in [2.24, 2.45) is 0 Å². The fourth-order valence-corrected chi connectivity index (χ4v) is 5.01. The van der Waals surface area contributed by atoms with Gasteiger partial charge in [-0.2, -0.15) is 18.3 Å². The van der Waals surface area contributed by atoms with E-state index in [2.05, 4.69) is 15.2 Å². The molecule has 0 fully saturated rings. The Labute approximate surface area is 231 Å². The minimum absolute atomic E-state index is 0.00709. The van der Waals surface area contributed by atoms with Crippen molar-refractivity contribution in [2.45, 2.75) is 25.1 Å². The van der Waals surface area contributed by atoms with Crippen molar-refractivity contribution in [1.29, 1.82) is 0 Å². The molecule has 8 nitrogen and oxygen atoms in total. The van der Waals surface area contributed by atoms with Gasteiger partial charge in [-0.05, 0) is 60.2 Å². The van der Waals surface area contributed by atoms with Crippen LogP contribution in [-0.2, 0) is 6.18 Å². The lowest BCUT2D eigenvalue weighted by molar-refractivity contribution is -0.137. The molecule has 0 saturated carbocycles. The number of amides is 1. The van der Waals surface area contributed by atoms with E-state index in [1.54, 1.807) is 6.07 Å². The summed E-state index contributed by atoms with van der Waals surface area (Å²) in [5.74, 6) is -6.05. The molecule has 5 aromatic rings. The van der Waals surface area contributed by atoms with Gasteiger partial charge in [0.15, 0.2) is 5.58 Å². The number of nitrogens with one attached hydrogen (secondary N) is 2. The molecule has 0 saturated heterocycles. The lowest BCUT2D eigenvalue weighted by Gasteiger charge is -2.29. The number of fused-ring (bicyclic) bond motifs is 2. The quantitative estimate of drug-likeness (QED) is 0.216. The maximum absolute atomic E-state index is 14.4. The van der Waals surface area contributed by atoms with Crippen LogP contribution in [0.4, 0.5) is 26.3 Å². The molecule has 0 radical (unpaired) electrons. The zero-order chi connectivity index (χ0) is 30.0. The minimum atomic E-state index is -4.89. The molecule has 1 atom stereocenters. The predicted octanol–water partition coefficient (Wildman–Crippen LogP) is 6.66. The number of aromatic nitrogens is 3. The number of oxazole rings is 1. The molecule has 14 heteroatoms. The van der Waals surface area contributed by atoms with Gasteiger partial charge in [-0.25, -0.2) is 18.0 Å². The van der Waals surface area contributed by atoms with Crippen LogP contribution in [0.2, 0.25) is 0 Å². The average Bonchev–Trinajstić information content (AvgIpc) is 3.57. The number of benzene rings is 3. The van der Waals surface area contributed by atoms with E-state index in [4.69, 9.17) is 9.15 Å². The summed E-state index contributed by atoms with van der Waals surface area (Å²) in [6.45, 7) is -0.556. The van der Waals surface area contributed by atoms with Gasteiger partial charge in [0.1, 0.15) is 28.7 Å². The summed E-state index contributed by atoms with van der Waals surface area (Å²) < 4.78 is 95.1. The highest BCUT2D eigenvalue weighted by Gasteiger charge is 2.46. The van der Waals surface area contributed by atoms with Crippen molar-refractivity contribution in [3.8, 4) is 22.8 Å². The molecule has 2 N–H and O–H groups in total. The third-order valence-electron chi connectivity index (χ3n) is 6.63. The molecule has 6 rings (SSSR count). The molecule has 3 heterocycles. The van der Waals surface area contributed by atoms with Gasteiger partial charge in [-0.3, -0.25) is 14.9 Å². The first kappa shape index (κ1) is 27.2. The molecule has 3 aromatic carbocycles. The third kappa shape index (κ3) is 4.88. The zero-order valence-corrected chi connectivity index (χ0v) is 21.4. The molecule has 2 aromatic heterocycles. The largest absolute Gasteiger partial charge is 0.457 e. The molecule has 1 unspecified atom stereocenters. The van der Waals surface area contributed by atoms with Gasteiger partial charge in [0.05, 0.1) is 23.7 Å². The van der Waals surface area contributed by atoms with E-state index in [-0.39, 0.29) is 50.7 Å². The van der Waals surface area contributed by atoms with Crippen LogP contribution >= 0.6 is 0 Å². The van der Waals surface area contributed by atoms with E-state index < -0.39 is 47.7 Å². The number of ether oxygens (including phenoxy) is 1. The van der Waals surface area contributed by atoms with Gasteiger partial charge in [-0.1, -0.05) is 6.07 Å². The molecule has 0 aliphatic carbocycles. The molecular formula is C28H18F6N4O4. The van der Waals surface area contributed by atoms with E-state index in [9.17, 15) is 35.9 Å². The van der Waals surface area contributed by atoms with Crippen molar-refractivity contribution in [3.63, 3.8) is 0 Å². The Bertz CT molecular complexity index is 1890. The van der Waals surface area contributed by atoms with Gasteiger partial charge in [0.25, 0.3) is 11.8 Å². The lowest BCUT2D eigenvalue weighted by Crippen LogP contribution is -2.38. The summed E-state index contributed by atoms with van der Waals surface area (Å²) in [5, 5.41) is 6.69. The van der Waals surface area contributed by atoms with Crippen molar-refractivity contribution in [3.05, 3.63) is 99.4 Å². The number of para-hydroxylation sites is 1. The van der Waals surface area contributed by atoms with Crippen LogP contribution in [0.1, 0.15) is 40.1 Å². The van der Waals surface area contributed by atoms with Crippen molar-refractivity contribution in [2.75, 3.05) is 6.54 Å². The van der Waals surface area contributed by atoms with Crippen LogP contribution in [0.5, 0.6) is 11.5 Å². The number of aromatic amines is 2. The minimum Gasteiger partial charge on any atom is -0.457 e. The van der Waals surface area contributed by atoms with E-state index >= 15 is 0 Å². The molecule has 0 bridgehead atoms. The van der Waals surface area contributed by atoms with Crippen molar-refractivity contribution >= 4 is 17.0 Å². The second-order valence-corrected chi connectivity index (χ2v) is 9.81.